The molecule has 1 N–H and O–H groups in total. The van der Waals surface area contributed by atoms with Gasteiger partial charge >= 0.3 is 0 Å². The standard InChI is InChI=1S/C20H27N3O.ClH/c1-15-10-18(13-23-9-8-21-17(3)12-23)11-16(2)20(15)24-14-19-6-4-5-7-22-19;/h4-7,10-11,17,21H,8-9,12-14H2,1-3H3;1H. The summed E-state index contributed by atoms with van der Waals surface area (Å²) in [5.74, 6) is 0.984. The van der Waals surface area contributed by atoms with Crippen molar-refractivity contribution in [2.75, 3.05) is 19.6 Å². The monoisotopic (exact) mass is 361 g/mol. The Labute approximate surface area is 157 Å². The van der Waals surface area contributed by atoms with Crippen molar-refractivity contribution in [3.63, 3.8) is 0 Å². The predicted octanol–water partition coefficient (Wildman–Crippen LogP) is 3.49. The van der Waals surface area contributed by atoms with Gasteiger partial charge in [0.25, 0.3) is 0 Å². The third-order valence-electron chi connectivity index (χ3n) is 4.47. The van der Waals surface area contributed by atoms with Crippen LogP contribution in [-0.4, -0.2) is 35.6 Å². The van der Waals surface area contributed by atoms with Gasteiger partial charge in [0, 0.05) is 38.4 Å². The Bertz CT molecular complexity index is 655. The first-order chi connectivity index (χ1) is 11.6. The van der Waals surface area contributed by atoms with Crippen LogP contribution < -0.4 is 10.1 Å². The SMILES string of the molecule is Cc1cc(CN2CCNC(C)C2)cc(C)c1OCc1ccccn1.Cl. The van der Waals surface area contributed by atoms with Crippen LogP contribution in [0.15, 0.2) is 36.5 Å². The molecule has 1 fully saturated rings. The van der Waals surface area contributed by atoms with Gasteiger partial charge in [-0.2, -0.15) is 0 Å². The van der Waals surface area contributed by atoms with E-state index in [1.54, 1.807) is 6.20 Å². The first kappa shape index (κ1) is 19.7. The first-order valence-electron chi connectivity index (χ1n) is 8.70. The van der Waals surface area contributed by atoms with Crippen molar-refractivity contribution in [1.82, 2.24) is 15.2 Å². The van der Waals surface area contributed by atoms with Gasteiger partial charge in [-0.05, 0) is 49.6 Å². The molecule has 3 rings (SSSR count). The summed E-state index contributed by atoms with van der Waals surface area (Å²) >= 11 is 0. The quantitative estimate of drug-likeness (QED) is 0.884. The maximum Gasteiger partial charge on any atom is 0.130 e. The van der Waals surface area contributed by atoms with Gasteiger partial charge in [-0.3, -0.25) is 9.88 Å². The van der Waals surface area contributed by atoms with Crippen molar-refractivity contribution in [2.24, 2.45) is 0 Å². The van der Waals surface area contributed by atoms with E-state index in [4.69, 9.17) is 4.74 Å². The third-order valence-corrected chi connectivity index (χ3v) is 4.47. The smallest absolute Gasteiger partial charge is 0.130 e. The maximum atomic E-state index is 6.03. The fourth-order valence-corrected chi connectivity index (χ4v) is 3.40. The number of pyridine rings is 1. The van der Waals surface area contributed by atoms with Crippen molar-refractivity contribution in [3.05, 3.63) is 58.9 Å². The normalized spacial score (nSPS) is 17.8. The Balaban J connectivity index is 0.00000225. The second-order valence-corrected chi connectivity index (χ2v) is 6.76. The number of ether oxygens (including phenoxy) is 1. The van der Waals surface area contributed by atoms with Crippen LogP contribution in [-0.2, 0) is 13.2 Å². The highest BCUT2D eigenvalue weighted by molar-refractivity contribution is 5.85. The molecule has 2 aromatic rings. The molecule has 1 atom stereocenters. The van der Waals surface area contributed by atoms with Crippen molar-refractivity contribution >= 4 is 12.4 Å². The zero-order valence-corrected chi connectivity index (χ0v) is 16.1. The fraction of sp³-hybridized carbons (Fsp3) is 0.450. The summed E-state index contributed by atoms with van der Waals surface area (Å²) in [6, 6.07) is 11.0. The van der Waals surface area contributed by atoms with Crippen LogP contribution in [0.25, 0.3) is 0 Å². The Kier molecular flexibility index (Phi) is 7.24. The Morgan fingerprint density at radius 2 is 2.00 bits per heavy atom. The highest BCUT2D eigenvalue weighted by atomic mass is 35.5. The zero-order valence-electron chi connectivity index (χ0n) is 15.3. The second kappa shape index (κ2) is 9.18. The molecule has 1 aromatic heterocycles. The topological polar surface area (TPSA) is 37.4 Å². The molecule has 2 heterocycles. The molecule has 0 bridgehead atoms. The molecular formula is C20H28ClN3O. The lowest BCUT2D eigenvalue weighted by atomic mass is 10.0. The minimum absolute atomic E-state index is 0. The lowest BCUT2D eigenvalue weighted by molar-refractivity contribution is 0.199. The van der Waals surface area contributed by atoms with Crippen LogP contribution >= 0.6 is 12.4 Å². The van der Waals surface area contributed by atoms with Crippen LogP contribution in [0.2, 0.25) is 0 Å². The van der Waals surface area contributed by atoms with E-state index in [9.17, 15) is 0 Å². The van der Waals surface area contributed by atoms with E-state index in [-0.39, 0.29) is 12.4 Å². The van der Waals surface area contributed by atoms with Crippen molar-refractivity contribution < 1.29 is 4.74 Å². The van der Waals surface area contributed by atoms with Gasteiger partial charge in [0.2, 0.25) is 0 Å². The average Bonchev–Trinajstić information content (AvgIpc) is 2.55. The molecular weight excluding hydrogens is 334 g/mol. The molecule has 1 aliphatic rings. The number of nitrogens with one attached hydrogen (secondary N) is 1. The largest absolute Gasteiger partial charge is 0.487 e. The van der Waals surface area contributed by atoms with Crippen LogP contribution in [0.1, 0.15) is 29.3 Å². The highest BCUT2D eigenvalue weighted by Gasteiger charge is 2.16. The summed E-state index contributed by atoms with van der Waals surface area (Å²) in [5, 5.41) is 3.49. The molecule has 1 aromatic carbocycles. The van der Waals surface area contributed by atoms with E-state index in [1.165, 1.54) is 16.7 Å². The van der Waals surface area contributed by atoms with Gasteiger partial charge in [0.1, 0.15) is 12.4 Å². The molecule has 136 valence electrons. The number of aryl methyl sites for hydroxylation is 2. The van der Waals surface area contributed by atoms with Crippen molar-refractivity contribution in [2.45, 2.75) is 40.0 Å². The second-order valence-electron chi connectivity index (χ2n) is 6.76. The number of nitrogens with zero attached hydrogens (tertiary/aromatic N) is 2. The van der Waals surface area contributed by atoms with E-state index in [0.29, 0.717) is 12.6 Å². The van der Waals surface area contributed by atoms with Gasteiger partial charge in [0.15, 0.2) is 0 Å². The maximum absolute atomic E-state index is 6.03. The number of halogens is 1. The van der Waals surface area contributed by atoms with E-state index in [1.807, 2.05) is 18.2 Å². The van der Waals surface area contributed by atoms with Gasteiger partial charge < -0.3 is 10.1 Å². The van der Waals surface area contributed by atoms with Crippen LogP contribution in [0.4, 0.5) is 0 Å². The Morgan fingerprint density at radius 1 is 1.24 bits per heavy atom. The van der Waals surface area contributed by atoms with E-state index in [2.05, 4.69) is 48.1 Å². The highest BCUT2D eigenvalue weighted by Crippen LogP contribution is 2.26. The zero-order chi connectivity index (χ0) is 16.9. The van der Waals surface area contributed by atoms with Gasteiger partial charge in [-0.1, -0.05) is 18.2 Å². The molecule has 0 aliphatic carbocycles. The minimum Gasteiger partial charge on any atom is -0.487 e. The Hall–Kier alpha value is -1.62. The minimum atomic E-state index is 0. The molecule has 4 nitrogen and oxygen atoms in total. The van der Waals surface area contributed by atoms with E-state index < -0.39 is 0 Å². The molecule has 0 saturated carbocycles. The summed E-state index contributed by atoms with van der Waals surface area (Å²) in [6.07, 6.45) is 1.80. The van der Waals surface area contributed by atoms with Crippen molar-refractivity contribution in [3.8, 4) is 5.75 Å². The molecule has 1 unspecified atom stereocenters. The van der Waals surface area contributed by atoms with E-state index in [0.717, 1.165) is 37.6 Å². The predicted molar refractivity (Wildman–Crippen MR) is 104 cm³/mol. The molecule has 1 aliphatic heterocycles. The molecule has 5 heteroatoms. The summed E-state index contributed by atoms with van der Waals surface area (Å²) in [5.41, 5.74) is 4.72. The molecule has 1 saturated heterocycles. The molecule has 25 heavy (non-hydrogen) atoms. The van der Waals surface area contributed by atoms with Crippen LogP contribution in [0.5, 0.6) is 5.75 Å². The summed E-state index contributed by atoms with van der Waals surface area (Å²) < 4.78 is 6.03. The van der Waals surface area contributed by atoms with Gasteiger partial charge in [-0.25, -0.2) is 0 Å². The number of benzene rings is 1. The lowest BCUT2D eigenvalue weighted by Crippen LogP contribution is -2.48. The number of aromatic nitrogens is 1. The number of hydrogen-bond donors (Lipinski definition) is 1. The lowest BCUT2D eigenvalue weighted by Gasteiger charge is -2.32. The first-order valence-corrected chi connectivity index (χ1v) is 8.70. The molecule has 0 radical (unpaired) electrons. The Morgan fingerprint density at radius 3 is 2.64 bits per heavy atom. The van der Waals surface area contributed by atoms with Crippen molar-refractivity contribution in [1.29, 1.82) is 0 Å². The van der Waals surface area contributed by atoms with Gasteiger partial charge in [-0.15, -0.1) is 12.4 Å². The molecule has 0 spiro atoms. The third kappa shape index (κ3) is 5.43. The fourth-order valence-electron chi connectivity index (χ4n) is 3.40. The molecule has 0 amide bonds. The van der Waals surface area contributed by atoms with E-state index >= 15 is 0 Å². The summed E-state index contributed by atoms with van der Waals surface area (Å²) in [7, 11) is 0. The number of piperazine rings is 1. The summed E-state index contributed by atoms with van der Waals surface area (Å²) in [4.78, 5) is 6.84. The van der Waals surface area contributed by atoms with Gasteiger partial charge in [0.05, 0.1) is 5.69 Å². The van der Waals surface area contributed by atoms with Crippen LogP contribution in [0.3, 0.4) is 0 Å². The summed E-state index contributed by atoms with van der Waals surface area (Å²) in [6.45, 7) is 11.3. The van der Waals surface area contributed by atoms with Crippen LogP contribution in [0, 0.1) is 13.8 Å². The average molecular weight is 362 g/mol. The number of hydrogen-bond acceptors (Lipinski definition) is 4. The number of rotatable bonds is 5.